The first-order valence-corrected chi connectivity index (χ1v) is 20.0. The van der Waals surface area contributed by atoms with Gasteiger partial charge in [-0.2, -0.15) is 0 Å². The predicted molar refractivity (Wildman–Crippen MR) is 205 cm³/mol. The normalized spacial score (nSPS) is 22.6. The molecule has 3 rings (SSSR count). The van der Waals surface area contributed by atoms with Crippen LogP contribution in [0.3, 0.4) is 0 Å². The van der Waals surface area contributed by atoms with E-state index in [0.717, 1.165) is 17.7 Å². The van der Waals surface area contributed by atoms with Crippen molar-refractivity contribution in [1.82, 2.24) is 25.8 Å². The van der Waals surface area contributed by atoms with Crippen molar-refractivity contribution in [1.29, 1.82) is 0 Å². The summed E-state index contributed by atoms with van der Waals surface area (Å²) in [4.78, 5) is 71.6. The first-order valence-electron chi connectivity index (χ1n) is 19.2. The molecule has 53 heavy (non-hydrogen) atoms. The number of nitrogens with zero attached hydrogens (tertiary/aromatic N) is 2. The third-order valence-electron chi connectivity index (χ3n) is 11.5. The molecule has 2 heterocycles. The van der Waals surface area contributed by atoms with Crippen LogP contribution in [0.4, 0.5) is 0 Å². The smallest absolute Gasteiger partial charge is 0.308 e. The Morgan fingerprint density at radius 3 is 2.17 bits per heavy atom. The van der Waals surface area contributed by atoms with Gasteiger partial charge in [-0.05, 0) is 61.4 Å². The summed E-state index contributed by atoms with van der Waals surface area (Å²) in [7, 11) is 6.55. The Bertz CT molecular complexity index is 1380. The highest BCUT2D eigenvalue weighted by atomic mass is 32.1. The summed E-state index contributed by atoms with van der Waals surface area (Å²) in [6, 6.07) is 1.77. The lowest BCUT2D eigenvalue weighted by Gasteiger charge is -2.41. The number of likely N-dealkylation sites (N-methyl/N-ethyl adjacent to an activating group) is 2. The molecule has 0 spiro atoms. The summed E-state index contributed by atoms with van der Waals surface area (Å²) in [5.41, 5.74) is 0. The lowest BCUT2D eigenvalue weighted by molar-refractivity contribution is -0.148. The van der Waals surface area contributed by atoms with E-state index >= 15 is 0 Å². The number of carbonyl (C=O) groups is 5. The van der Waals surface area contributed by atoms with E-state index in [0.29, 0.717) is 18.8 Å². The minimum absolute atomic E-state index is 0.0146. The number of carboxylic acids is 1. The number of hydrogen-bond donors (Lipinski definition) is 4. The first kappa shape index (κ1) is 44.3. The molecule has 1 aliphatic carbocycles. The van der Waals surface area contributed by atoms with Crippen LogP contribution in [0.15, 0.2) is 17.5 Å². The second-order valence-corrected chi connectivity index (χ2v) is 16.8. The number of likely N-dealkylation sites (tertiary alicyclic amines) is 1. The standard InChI is InChI=1S/C39H65N5O8S/c1-12-23(6)34(43(9)38(48)33(22(4)5)42-37(47)32(40-8)21(2)3)30(51-10)19-31(45)44-28-17-25(28)18-29(44)35(52-11)24(7)36(46)41-20-26(39(49)50)16-27-14-13-15-53-27/h13-15,21-26,28-30,32-35,40H,12,16-20H2,1-11H3,(H,41,46)(H,42,47)(H,49,50)/t23-,24+,25-,26+,28-,29-,30+,32-,33-,34-,35+/m0/s1. The summed E-state index contributed by atoms with van der Waals surface area (Å²) >= 11 is 1.48. The molecule has 14 heteroatoms. The number of aliphatic carboxylic acids is 1. The van der Waals surface area contributed by atoms with Gasteiger partial charge in [0.25, 0.3) is 0 Å². The van der Waals surface area contributed by atoms with Gasteiger partial charge in [0.1, 0.15) is 6.04 Å². The third-order valence-corrected chi connectivity index (χ3v) is 12.4. The van der Waals surface area contributed by atoms with Gasteiger partial charge >= 0.3 is 5.97 Å². The molecule has 1 saturated carbocycles. The maximum atomic E-state index is 14.3. The van der Waals surface area contributed by atoms with Gasteiger partial charge in [0.15, 0.2) is 0 Å². The molecule has 4 N–H and O–H groups in total. The number of ether oxygens (including phenoxy) is 2. The van der Waals surface area contributed by atoms with E-state index in [4.69, 9.17) is 9.47 Å². The minimum Gasteiger partial charge on any atom is -0.481 e. The molecule has 300 valence electrons. The minimum atomic E-state index is -0.976. The van der Waals surface area contributed by atoms with Crippen molar-refractivity contribution in [3.05, 3.63) is 22.4 Å². The van der Waals surface area contributed by atoms with Crippen molar-refractivity contribution in [2.24, 2.45) is 35.5 Å². The van der Waals surface area contributed by atoms with Crippen LogP contribution in [-0.2, 0) is 39.9 Å². The van der Waals surface area contributed by atoms with Crippen LogP contribution >= 0.6 is 11.3 Å². The first-order chi connectivity index (χ1) is 25.0. The van der Waals surface area contributed by atoms with Crippen molar-refractivity contribution in [3.63, 3.8) is 0 Å². The molecule has 1 aliphatic heterocycles. The van der Waals surface area contributed by atoms with Crippen molar-refractivity contribution in [2.45, 2.75) is 123 Å². The number of hydrogen-bond acceptors (Lipinski definition) is 9. The lowest BCUT2D eigenvalue weighted by atomic mass is 9.89. The predicted octanol–water partition coefficient (Wildman–Crippen LogP) is 3.41. The van der Waals surface area contributed by atoms with Crippen molar-refractivity contribution in [2.75, 3.05) is 34.9 Å². The van der Waals surface area contributed by atoms with E-state index in [2.05, 4.69) is 16.0 Å². The average Bonchev–Trinajstić information content (AvgIpc) is 3.48. The molecule has 0 bridgehead atoms. The van der Waals surface area contributed by atoms with Gasteiger partial charge in [0, 0.05) is 38.7 Å². The molecule has 4 amide bonds. The van der Waals surface area contributed by atoms with Crippen molar-refractivity contribution < 1.29 is 38.6 Å². The van der Waals surface area contributed by atoms with Crippen LogP contribution in [0.25, 0.3) is 0 Å². The Morgan fingerprint density at radius 2 is 1.66 bits per heavy atom. The molecule has 1 saturated heterocycles. The van der Waals surface area contributed by atoms with Gasteiger partial charge in [0.2, 0.25) is 23.6 Å². The summed E-state index contributed by atoms with van der Waals surface area (Å²) in [5.74, 6) is -3.19. The highest BCUT2D eigenvalue weighted by Crippen LogP contribution is 2.50. The molecule has 0 aromatic carbocycles. The Balaban J connectivity index is 1.77. The molecular formula is C39H65N5O8S. The molecule has 2 aliphatic rings. The van der Waals surface area contributed by atoms with Crippen LogP contribution in [0, 0.1) is 35.5 Å². The van der Waals surface area contributed by atoms with Crippen molar-refractivity contribution in [3.8, 4) is 0 Å². The molecule has 1 aromatic rings. The number of fused-ring (bicyclic) bond motifs is 1. The zero-order chi connectivity index (χ0) is 39.7. The Morgan fingerprint density at radius 1 is 1.00 bits per heavy atom. The largest absolute Gasteiger partial charge is 0.481 e. The molecular weight excluding hydrogens is 699 g/mol. The molecule has 2 fully saturated rings. The van der Waals surface area contributed by atoms with Gasteiger partial charge in [-0.25, -0.2) is 0 Å². The maximum Gasteiger partial charge on any atom is 0.308 e. The highest BCUT2D eigenvalue weighted by Gasteiger charge is 2.57. The number of amides is 4. The number of nitrogens with one attached hydrogen (secondary N) is 3. The van der Waals surface area contributed by atoms with E-state index in [1.807, 2.05) is 64.0 Å². The van der Waals surface area contributed by atoms with Gasteiger partial charge in [-0.1, -0.05) is 61.0 Å². The van der Waals surface area contributed by atoms with Crippen molar-refractivity contribution >= 4 is 40.9 Å². The zero-order valence-electron chi connectivity index (χ0n) is 33.6. The average molecular weight is 764 g/mol. The third kappa shape index (κ3) is 11.0. The van der Waals surface area contributed by atoms with Gasteiger partial charge in [0.05, 0.1) is 48.6 Å². The second-order valence-electron chi connectivity index (χ2n) is 15.8. The zero-order valence-corrected chi connectivity index (χ0v) is 34.4. The van der Waals surface area contributed by atoms with E-state index in [-0.39, 0.29) is 66.4 Å². The van der Waals surface area contributed by atoms with E-state index in [1.165, 1.54) is 11.3 Å². The SMILES string of the molecule is CC[C@H](C)[C@@H]([C@@H](CC(=O)N1[C@H]2C[C@H]2C[C@H]1[C@H](OC)[C@@H](C)C(=O)NC[C@@H](Cc1cccs1)C(=O)O)OC)N(C)C(=O)[C@@H](NC(=O)[C@@H](NC)C(C)C)C(C)C. The van der Waals surface area contributed by atoms with Crippen LogP contribution < -0.4 is 16.0 Å². The van der Waals surface area contributed by atoms with E-state index < -0.39 is 48.1 Å². The van der Waals surface area contributed by atoms with Gasteiger partial charge in [-0.3, -0.25) is 24.0 Å². The fourth-order valence-electron chi connectivity index (χ4n) is 8.05. The summed E-state index contributed by atoms with van der Waals surface area (Å²) in [5, 5.41) is 20.6. The number of thiophene rings is 1. The Hall–Kier alpha value is -3.07. The summed E-state index contributed by atoms with van der Waals surface area (Å²) in [6.07, 6.45) is 1.43. The molecule has 0 unspecified atom stereocenters. The molecule has 13 nitrogen and oxygen atoms in total. The van der Waals surface area contributed by atoms with E-state index in [1.54, 1.807) is 40.1 Å². The fraction of sp³-hybridized carbons (Fsp3) is 0.769. The number of rotatable bonds is 22. The molecule has 0 radical (unpaired) electrons. The second kappa shape index (κ2) is 20.0. The number of carbonyl (C=O) groups excluding carboxylic acids is 4. The van der Waals surface area contributed by atoms with Crippen LogP contribution in [0.1, 0.15) is 79.0 Å². The van der Waals surface area contributed by atoms with Crippen LogP contribution in [0.2, 0.25) is 0 Å². The molecule has 1 aromatic heterocycles. The van der Waals surface area contributed by atoms with E-state index in [9.17, 15) is 29.1 Å². The van der Waals surface area contributed by atoms with Gasteiger partial charge in [-0.15, -0.1) is 11.3 Å². The number of methoxy groups -OCH3 is 2. The number of piperidine rings is 1. The lowest BCUT2D eigenvalue weighted by Crippen LogP contribution is -2.59. The molecule has 11 atom stereocenters. The van der Waals surface area contributed by atoms with Gasteiger partial charge < -0.3 is 40.3 Å². The number of carboxylic acid groups (broad SMARTS) is 1. The Labute approximate surface area is 320 Å². The Kier molecular flexibility index (Phi) is 16.7. The highest BCUT2D eigenvalue weighted by molar-refractivity contribution is 7.09. The topological polar surface area (TPSA) is 167 Å². The summed E-state index contributed by atoms with van der Waals surface area (Å²) < 4.78 is 12.0. The van der Waals surface area contributed by atoms with Crippen LogP contribution in [-0.4, -0.2) is 122 Å². The quantitative estimate of drug-likeness (QED) is 0.139. The van der Waals surface area contributed by atoms with Crippen LogP contribution in [0.5, 0.6) is 0 Å². The maximum absolute atomic E-state index is 14.3. The summed E-state index contributed by atoms with van der Waals surface area (Å²) in [6.45, 7) is 13.5. The fourth-order valence-corrected chi connectivity index (χ4v) is 8.84. The monoisotopic (exact) mass is 763 g/mol.